The topological polar surface area (TPSA) is 85.0 Å². The van der Waals surface area contributed by atoms with Gasteiger partial charge in [-0.2, -0.15) is 5.10 Å². The summed E-state index contributed by atoms with van der Waals surface area (Å²) in [5, 5.41) is 8.44. The number of nitrogens with one attached hydrogen (secondary N) is 1. The second-order valence-corrected chi connectivity index (χ2v) is 11.3. The summed E-state index contributed by atoms with van der Waals surface area (Å²) in [7, 11) is 0.696. The fourth-order valence-electron chi connectivity index (χ4n) is 4.58. The van der Waals surface area contributed by atoms with Gasteiger partial charge in [-0.05, 0) is 49.2 Å². The lowest BCUT2D eigenvalue weighted by Crippen LogP contribution is -2.40. The highest BCUT2D eigenvalue weighted by atomic mass is 32.2. The molecule has 0 aliphatic carbocycles. The Kier molecular flexibility index (Phi) is 6.33. The van der Waals surface area contributed by atoms with Crippen LogP contribution in [0.15, 0.2) is 48.8 Å². The molecule has 3 aromatic heterocycles. The zero-order valence-corrected chi connectivity index (χ0v) is 20.7. The standard InChI is InChI=1S/C25H29FN6O2S/c1-27-23-7-5-18(16-21(23)26)22-8-6-20-19(4-3-10-31-12-14-35(33,34)15-13-31)17-32(25(20)28-22)24-9-11-30(2)29-24/h5-9,11,16-17,27H,3-4,10,12-15H2,1-2H3. The van der Waals surface area contributed by atoms with Crippen LogP contribution in [0.25, 0.3) is 28.1 Å². The molecular weight excluding hydrogens is 467 g/mol. The van der Waals surface area contributed by atoms with Crippen molar-refractivity contribution in [3.05, 3.63) is 60.2 Å². The van der Waals surface area contributed by atoms with E-state index < -0.39 is 9.84 Å². The Labute approximate surface area is 204 Å². The lowest BCUT2D eigenvalue weighted by molar-refractivity contribution is 0.292. The molecule has 10 heteroatoms. The third-order valence-electron chi connectivity index (χ3n) is 6.57. The predicted molar refractivity (Wildman–Crippen MR) is 136 cm³/mol. The largest absolute Gasteiger partial charge is 0.386 e. The van der Waals surface area contributed by atoms with Gasteiger partial charge in [0.25, 0.3) is 0 Å². The molecule has 0 saturated carbocycles. The number of hydrogen-bond donors (Lipinski definition) is 1. The van der Waals surface area contributed by atoms with E-state index in [-0.39, 0.29) is 17.3 Å². The molecule has 35 heavy (non-hydrogen) atoms. The van der Waals surface area contributed by atoms with Gasteiger partial charge in [0.15, 0.2) is 15.7 Å². The van der Waals surface area contributed by atoms with Gasteiger partial charge in [0.05, 0.1) is 22.9 Å². The monoisotopic (exact) mass is 496 g/mol. The molecule has 0 amide bonds. The van der Waals surface area contributed by atoms with Crippen LogP contribution in [0.2, 0.25) is 0 Å². The van der Waals surface area contributed by atoms with Crippen molar-refractivity contribution in [2.45, 2.75) is 12.8 Å². The maximum Gasteiger partial charge on any atom is 0.160 e. The summed E-state index contributed by atoms with van der Waals surface area (Å²) in [6.07, 6.45) is 5.72. The van der Waals surface area contributed by atoms with Crippen LogP contribution >= 0.6 is 0 Å². The maximum absolute atomic E-state index is 14.4. The number of hydrogen-bond acceptors (Lipinski definition) is 6. The highest BCUT2D eigenvalue weighted by molar-refractivity contribution is 7.91. The zero-order chi connectivity index (χ0) is 24.6. The van der Waals surface area contributed by atoms with Crippen LogP contribution in [0.5, 0.6) is 0 Å². The number of benzene rings is 1. The predicted octanol–water partition coefficient (Wildman–Crippen LogP) is 3.27. The first kappa shape index (κ1) is 23.5. The number of halogens is 1. The minimum Gasteiger partial charge on any atom is -0.386 e. The van der Waals surface area contributed by atoms with Crippen molar-refractivity contribution in [2.75, 3.05) is 43.5 Å². The number of rotatable bonds is 7. The summed E-state index contributed by atoms with van der Waals surface area (Å²) in [4.78, 5) is 7.13. The molecule has 0 spiro atoms. The minimum atomic E-state index is -2.87. The molecule has 1 fully saturated rings. The highest BCUT2D eigenvalue weighted by Crippen LogP contribution is 2.29. The van der Waals surface area contributed by atoms with E-state index in [0.29, 0.717) is 30.0 Å². The number of pyridine rings is 1. The molecule has 8 nitrogen and oxygen atoms in total. The Morgan fingerprint density at radius 2 is 1.91 bits per heavy atom. The molecule has 0 radical (unpaired) electrons. The first-order valence-corrected chi connectivity index (χ1v) is 13.6. The van der Waals surface area contributed by atoms with Gasteiger partial charge in [0, 0.05) is 56.6 Å². The normalized spacial score (nSPS) is 16.1. The van der Waals surface area contributed by atoms with Gasteiger partial charge in [0.2, 0.25) is 0 Å². The van der Waals surface area contributed by atoms with E-state index in [0.717, 1.165) is 41.8 Å². The van der Waals surface area contributed by atoms with Crippen LogP contribution < -0.4 is 5.32 Å². The average Bonchev–Trinajstić information content (AvgIpc) is 3.43. The summed E-state index contributed by atoms with van der Waals surface area (Å²) < 4.78 is 41.5. The van der Waals surface area contributed by atoms with Crippen LogP contribution in [0.4, 0.5) is 10.1 Å². The van der Waals surface area contributed by atoms with E-state index in [4.69, 9.17) is 4.98 Å². The van der Waals surface area contributed by atoms with Crippen molar-refractivity contribution in [3.8, 4) is 17.1 Å². The van der Waals surface area contributed by atoms with Crippen LogP contribution in [-0.2, 0) is 23.3 Å². The molecule has 0 atom stereocenters. The summed E-state index contributed by atoms with van der Waals surface area (Å²) in [6.45, 7) is 2.06. The van der Waals surface area contributed by atoms with Gasteiger partial charge >= 0.3 is 0 Å². The summed E-state index contributed by atoms with van der Waals surface area (Å²) in [6, 6.07) is 11.0. The molecule has 184 valence electrons. The molecule has 5 rings (SSSR count). The third kappa shape index (κ3) is 4.94. The Bertz CT molecular complexity index is 1460. The number of aromatic nitrogens is 4. The molecule has 4 heterocycles. The zero-order valence-electron chi connectivity index (χ0n) is 19.9. The third-order valence-corrected chi connectivity index (χ3v) is 8.18. The second-order valence-electron chi connectivity index (χ2n) is 8.98. The summed E-state index contributed by atoms with van der Waals surface area (Å²) >= 11 is 0. The number of fused-ring (bicyclic) bond motifs is 1. The average molecular weight is 497 g/mol. The van der Waals surface area contributed by atoms with Gasteiger partial charge < -0.3 is 10.2 Å². The molecule has 0 bridgehead atoms. The summed E-state index contributed by atoms with van der Waals surface area (Å²) in [5.74, 6) is 0.938. The van der Waals surface area contributed by atoms with E-state index >= 15 is 0 Å². The van der Waals surface area contributed by atoms with Crippen molar-refractivity contribution < 1.29 is 12.8 Å². The van der Waals surface area contributed by atoms with Crippen LogP contribution in [0.1, 0.15) is 12.0 Å². The fourth-order valence-corrected chi connectivity index (χ4v) is 5.86. The van der Waals surface area contributed by atoms with Gasteiger partial charge in [-0.25, -0.2) is 17.8 Å². The van der Waals surface area contributed by atoms with Crippen molar-refractivity contribution in [1.82, 2.24) is 24.2 Å². The lowest BCUT2D eigenvalue weighted by atomic mass is 10.1. The van der Waals surface area contributed by atoms with Crippen LogP contribution in [-0.4, -0.2) is 70.8 Å². The smallest absolute Gasteiger partial charge is 0.160 e. The van der Waals surface area contributed by atoms with E-state index in [1.165, 1.54) is 6.07 Å². The lowest BCUT2D eigenvalue weighted by Gasteiger charge is -2.26. The first-order valence-electron chi connectivity index (χ1n) is 11.7. The molecular formula is C25H29FN6O2S. The van der Waals surface area contributed by atoms with E-state index in [1.54, 1.807) is 17.8 Å². The van der Waals surface area contributed by atoms with E-state index in [1.807, 2.05) is 42.1 Å². The SMILES string of the molecule is CNc1ccc(-c2ccc3c(CCCN4CCS(=O)(=O)CC4)cn(-c4ccn(C)n4)c3n2)cc1F. The van der Waals surface area contributed by atoms with Crippen molar-refractivity contribution in [2.24, 2.45) is 7.05 Å². The van der Waals surface area contributed by atoms with Crippen molar-refractivity contribution in [3.63, 3.8) is 0 Å². The Morgan fingerprint density at radius 1 is 1.11 bits per heavy atom. The van der Waals surface area contributed by atoms with Crippen molar-refractivity contribution in [1.29, 1.82) is 0 Å². The molecule has 1 aliphatic rings. The molecule has 0 unspecified atom stereocenters. The molecule has 1 N–H and O–H groups in total. The van der Waals surface area contributed by atoms with Gasteiger partial charge in [-0.1, -0.05) is 6.07 Å². The molecule has 1 aromatic carbocycles. The van der Waals surface area contributed by atoms with E-state index in [2.05, 4.69) is 21.5 Å². The molecule has 4 aromatic rings. The van der Waals surface area contributed by atoms with Gasteiger partial charge in [-0.15, -0.1) is 0 Å². The number of sulfone groups is 1. The second kappa shape index (κ2) is 9.43. The van der Waals surface area contributed by atoms with E-state index in [9.17, 15) is 12.8 Å². The minimum absolute atomic E-state index is 0.245. The molecule has 1 aliphatic heterocycles. The number of nitrogens with zero attached hydrogens (tertiary/aromatic N) is 5. The Hall–Kier alpha value is -3.24. The van der Waals surface area contributed by atoms with Crippen LogP contribution in [0, 0.1) is 5.82 Å². The highest BCUT2D eigenvalue weighted by Gasteiger charge is 2.21. The van der Waals surface area contributed by atoms with Crippen LogP contribution in [0.3, 0.4) is 0 Å². The maximum atomic E-state index is 14.4. The fraction of sp³-hybridized carbons (Fsp3) is 0.360. The summed E-state index contributed by atoms with van der Waals surface area (Å²) in [5.41, 5.74) is 3.78. The number of aryl methyl sites for hydroxylation is 2. The molecule has 1 saturated heterocycles. The number of anilines is 1. The first-order chi connectivity index (χ1) is 16.8. The Morgan fingerprint density at radius 3 is 2.60 bits per heavy atom. The Balaban J connectivity index is 1.44. The van der Waals surface area contributed by atoms with Crippen molar-refractivity contribution >= 4 is 26.6 Å². The quantitative estimate of drug-likeness (QED) is 0.423. The van der Waals surface area contributed by atoms with Gasteiger partial charge in [0.1, 0.15) is 11.5 Å². The van der Waals surface area contributed by atoms with Gasteiger partial charge in [-0.3, -0.25) is 9.25 Å².